The number of nitrogen functional groups attached to an aromatic ring is 1. The highest BCUT2D eigenvalue weighted by molar-refractivity contribution is 7.21. The molecule has 9 nitrogen and oxygen atoms in total. The summed E-state index contributed by atoms with van der Waals surface area (Å²) in [7, 11) is 2.11. The third kappa shape index (κ3) is 4.87. The van der Waals surface area contributed by atoms with Crippen LogP contribution in [-0.2, 0) is 10.3 Å². The Bertz CT molecular complexity index is 1600. The van der Waals surface area contributed by atoms with Crippen molar-refractivity contribution < 1.29 is 14.3 Å². The van der Waals surface area contributed by atoms with Gasteiger partial charge in [0.05, 0.1) is 15.6 Å². The maximum absolute atomic E-state index is 14.0. The van der Waals surface area contributed by atoms with E-state index in [1.165, 1.54) is 11.3 Å². The lowest BCUT2D eigenvalue weighted by Gasteiger charge is -2.36. The molecule has 1 aromatic heterocycles. The van der Waals surface area contributed by atoms with Gasteiger partial charge >= 0.3 is 0 Å². The molecule has 7 N–H and O–H groups in total. The number of carbonyl (C=O) groups excluding carboxylic acids is 2. The predicted molar refractivity (Wildman–Crippen MR) is 162 cm³/mol. The number of rotatable bonds is 7. The zero-order chi connectivity index (χ0) is 28.7. The number of ketones is 1. The smallest absolute Gasteiger partial charge is 0.261 e. The standard InChI is InChI=1S/C31H34N6O3S/c1-36-15-17-37(18-16-36)14-13-35-30(39)28-25-24-22(11-12-23(32)27(24)41-28)31(34,29(38)26(25)33)19-7-9-21(10-8-19)40-20-5-3-2-4-6-20/h2-12,26H,13-18,32-34H2,1H3,(H,35,39). The average Bonchev–Trinajstić information content (AvgIpc) is 3.39. The number of para-hydroxylation sites is 1. The van der Waals surface area contributed by atoms with Crippen LogP contribution < -0.4 is 27.3 Å². The molecule has 1 aliphatic carbocycles. The van der Waals surface area contributed by atoms with Gasteiger partial charge in [0, 0.05) is 55.9 Å². The van der Waals surface area contributed by atoms with Gasteiger partial charge in [0.1, 0.15) is 17.0 Å². The highest BCUT2D eigenvalue weighted by Gasteiger charge is 2.48. The molecule has 41 heavy (non-hydrogen) atoms. The topological polar surface area (TPSA) is 140 Å². The third-order valence-electron chi connectivity index (χ3n) is 8.12. The Kier molecular flexibility index (Phi) is 7.27. The SMILES string of the molecule is CN1CCN(CCNC(=O)c2sc3c(N)ccc4c3c2C(N)C(=O)C4(N)c2ccc(Oc3ccccc3)cc2)CC1. The summed E-state index contributed by atoms with van der Waals surface area (Å²) in [5, 5.41) is 3.73. The highest BCUT2D eigenvalue weighted by Crippen LogP contribution is 2.49. The molecule has 2 aliphatic rings. The first kappa shape index (κ1) is 27.4. The van der Waals surface area contributed by atoms with Crippen molar-refractivity contribution in [3.8, 4) is 11.5 Å². The lowest BCUT2D eigenvalue weighted by atomic mass is 9.70. The van der Waals surface area contributed by atoms with Crippen LogP contribution in [-0.4, -0.2) is 67.8 Å². The van der Waals surface area contributed by atoms with Gasteiger partial charge in [-0.3, -0.25) is 14.5 Å². The molecule has 2 atom stereocenters. The Morgan fingerprint density at radius 1 is 1.02 bits per heavy atom. The molecule has 1 aliphatic heterocycles. The number of piperazine rings is 1. The van der Waals surface area contributed by atoms with Gasteiger partial charge in [0.2, 0.25) is 0 Å². The van der Waals surface area contributed by atoms with Crippen LogP contribution in [0.4, 0.5) is 5.69 Å². The first-order valence-corrected chi connectivity index (χ1v) is 14.6. The monoisotopic (exact) mass is 570 g/mol. The highest BCUT2D eigenvalue weighted by atomic mass is 32.1. The second-order valence-corrected chi connectivity index (χ2v) is 11.8. The van der Waals surface area contributed by atoms with E-state index in [-0.39, 0.29) is 11.7 Å². The number of ether oxygens (including phenoxy) is 1. The van der Waals surface area contributed by atoms with Crippen LogP contribution >= 0.6 is 11.3 Å². The number of benzene rings is 3. The summed E-state index contributed by atoms with van der Waals surface area (Å²) in [6, 6.07) is 19.0. The number of carbonyl (C=O) groups is 2. The molecular weight excluding hydrogens is 536 g/mol. The number of anilines is 1. The van der Waals surface area contributed by atoms with E-state index < -0.39 is 11.6 Å². The van der Waals surface area contributed by atoms with Crippen LogP contribution in [0, 0.1) is 0 Å². The Morgan fingerprint density at radius 2 is 1.71 bits per heavy atom. The van der Waals surface area contributed by atoms with Crippen molar-refractivity contribution in [1.82, 2.24) is 15.1 Å². The zero-order valence-corrected chi connectivity index (χ0v) is 23.7. The lowest BCUT2D eigenvalue weighted by molar-refractivity contribution is -0.124. The molecule has 1 amide bonds. The number of hydrogen-bond acceptors (Lipinski definition) is 9. The predicted octanol–water partition coefficient (Wildman–Crippen LogP) is 3.04. The second-order valence-electron chi connectivity index (χ2n) is 10.7. The molecule has 0 bridgehead atoms. The summed E-state index contributed by atoms with van der Waals surface area (Å²) >= 11 is 1.26. The number of nitrogens with zero attached hydrogens (tertiary/aromatic N) is 2. The van der Waals surface area contributed by atoms with E-state index >= 15 is 0 Å². The largest absolute Gasteiger partial charge is 0.457 e. The minimum Gasteiger partial charge on any atom is -0.457 e. The molecule has 4 aromatic rings. The Labute approximate surface area is 242 Å². The van der Waals surface area contributed by atoms with Gasteiger partial charge in [-0.15, -0.1) is 11.3 Å². The van der Waals surface area contributed by atoms with Crippen molar-refractivity contribution in [2.75, 3.05) is 52.0 Å². The molecular formula is C31H34N6O3S. The molecule has 0 radical (unpaired) electrons. The number of Topliss-reactive ketones (excluding diaryl/α,β-unsaturated/α-hetero) is 1. The van der Waals surface area contributed by atoms with Crippen LogP contribution in [0.1, 0.15) is 32.4 Å². The van der Waals surface area contributed by atoms with E-state index in [4.69, 9.17) is 21.9 Å². The summed E-state index contributed by atoms with van der Waals surface area (Å²) in [5.41, 5.74) is 20.6. The van der Waals surface area contributed by atoms with E-state index in [9.17, 15) is 9.59 Å². The quantitative estimate of drug-likeness (QED) is 0.249. The summed E-state index contributed by atoms with van der Waals surface area (Å²) in [5.74, 6) is 0.690. The van der Waals surface area contributed by atoms with E-state index in [1.54, 1.807) is 36.4 Å². The molecule has 3 aromatic carbocycles. The molecule has 1 saturated heterocycles. The number of nitrogens with one attached hydrogen (secondary N) is 1. The fraction of sp³-hybridized carbons (Fsp3) is 0.290. The van der Waals surface area contributed by atoms with Crippen LogP contribution in [0.25, 0.3) is 10.1 Å². The normalized spacial score (nSPS) is 21.2. The molecule has 0 spiro atoms. The van der Waals surface area contributed by atoms with Crippen molar-refractivity contribution in [3.63, 3.8) is 0 Å². The van der Waals surface area contributed by atoms with E-state index in [1.807, 2.05) is 30.3 Å². The maximum Gasteiger partial charge on any atom is 0.261 e. The average molecular weight is 571 g/mol. The van der Waals surface area contributed by atoms with Crippen molar-refractivity contribution in [2.24, 2.45) is 11.5 Å². The summed E-state index contributed by atoms with van der Waals surface area (Å²) < 4.78 is 6.63. The Morgan fingerprint density at radius 3 is 2.41 bits per heavy atom. The first-order chi connectivity index (χ1) is 19.8. The van der Waals surface area contributed by atoms with Gasteiger partial charge in [-0.1, -0.05) is 36.4 Å². The van der Waals surface area contributed by atoms with E-state index in [0.29, 0.717) is 55.4 Å². The van der Waals surface area contributed by atoms with Crippen LogP contribution in [0.2, 0.25) is 0 Å². The molecule has 10 heteroatoms. The molecule has 212 valence electrons. The Balaban J connectivity index is 1.31. The van der Waals surface area contributed by atoms with Gasteiger partial charge in [0.25, 0.3) is 5.91 Å². The Hall–Kier alpha value is -3.80. The number of thiophene rings is 1. The van der Waals surface area contributed by atoms with Crippen LogP contribution in [0.15, 0.2) is 66.7 Å². The molecule has 0 saturated carbocycles. The number of likely N-dealkylation sites (N-methyl/N-ethyl adjacent to an activating group) is 1. The van der Waals surface area contributed by atoms with Crippen molar-refractivity contribution >= 4 is 38.8 Å². The van der Waals surface area contributed by atoms with Crippen LogP contribution in [0.5, 0.6) is 11.5 Å². The van der Waals surface area contributed by atoms with E-state index in [0.717, 1.165) is 32.7 Å². The summed E-state index contributed by atoms with van der Waals surface area (Å²) in [4.78, 5) is 32.4. The van der Waals surface area contributed by atoms with Gasteiger partial charge in [0.15, 0.2) is 5.78 Å². The summed E-state index contributed by atoms with van der Waals surface area (Å²) in [6.45, 7) is 5.22. The minimum atomic E-state index is -1.51. The van der Waals surface area contributed by atoms with Gasteiger partial charge < -0.3 is 32.2 Å². The fourth-order valence-corrected chi connectivity index (χ4v) is 6.95. The fourth-order valence-electron chi connectivity index (χ4n) is 5.74. The van der Waals surface area contributed by atoms with Crippen molar-refractivity contribution in [1.29, 1.82) is 0 Å². The van der Waals surface area contributed by atoms with Crippen LogP contribution in [0.3, 0.4) is 0 Å². The molecule has 1 fully saturated rings. The lowest BCUT2D eigenvalue weighted by Crippen LogP contribution is -2.52. The van der Waals surface area contributed by atoms with Gasteiger partial charge in [-0.2, -0.15) is 0 Å². The minimum absolute atomic E-state index is 0.254. The maximum atomic E-state index is 14.0. The van der Waals surface area contributed by atoms with E-state index in [2.05, 4.69) is 22.2 Å². The van der Waals surface area contributed by atoms with Crippen molar-refractivity contribution in [3.05, 3.63) is 88.3 Å². The molecule has 6 rings (SSSR count). The number of amides is 1. The number of hydrogen-bond donors (Lipinski definition) is 4. The van der Waals surface area contributed by atoms with Gasteiger partial charge in [-0.05, 0) is 48.5 Å². The molecule has 2 heterocycles. The zero-order valence-electron chi connectivity index (χ0n) is 22.9. The first-order valence-electron chi connectivity index (χ1n) is 13.7. The third-order valence-corrected chi connectivity index (χ3v) is 9.37. The number of nitrogens with two attached hydrogens (primary N) is 3. The van der Waals surface area contributed by atoms with Gasteiger partial charge in [-0.25, -0.2) is 0 Å². The molecule has 2 unspecified atom stereocenters. The summed E-state index contributed by atoms with van der Waals surface area (Å²) in [6.07, 6.45) is 0. The second kappa shape index (κ2) is 10.9. The van der Waals surface area contributed by atoms with Crippen molar-refractivity contribution in [2.45, 2.75) is 11.6 Å².